The van der Waals surface area contributed by atoms with Gasteiger partial charge < -0.3 is 15.0 Å². The van der Waals surface area contributed by atoms with Gasteiger partial charge in [-0.15, -0.1) is 0 Å². The Kier molecular flexibility index (Phi) is 4.36. The molecule has 2 rings (SSSR count). The van der Waals surface area contributed by atoms with Crippen LogP contribution in [-0.2, 0) is 9.53 Å². The molecule has 17 heavy (non-hydrogen) atoms. The largest absolute Gasteiger partial charge is 0.375 e. The number of morpholine rings is 1. The molecule has 1 unspecified atom stereocenters. The second-order valence-electron chi connectivity index (χ2n) is 5.04. The first-order chi connectivity index (χ1) is 8.16. The van der Waals surface area contributed by atoms with Crippen LogP contribution in [-0.4, -0.2) is 73.7 Å². The van der Waals surface area contributed by atoms with E-state index in [-0.39, 0.29) is 12.0 Å². The molecular weight excluding hydrogens is 218 g/mol. The van der Waals surface area contributed by atoms with E-state index in [0.717, 1.165) is 32.7 Å². The Morgan fingerprint density at radius 3 is 2.94 bits per heavy atom. The molecule has 1 amide bonds. The smallest absolute Gasteiger partial charge is 0.236 e. The topological polar surface area (TPSA) is 44.8 Å². The third kappa shape index (κ3) is 3.40. The number of nitrogens with zero attached hydrogens (tertiary/aromatic N) is 2. The van der Waals surface area contributed by atoms with Crippen LogP contribution in [0.1, 0.15) is 13.8 Å². The van der Waals surface area contributed by atoms with Crippen molar-refractivity contribution >= 4 is 5.91 Å². The number of rotatable bonds is 2. The lowest BCUT2D eigenvalue weighted by molar-refractivity contribution is -0.140. The molecule has 2 saturated heterocycles. The first-order valence-electron chi connectivity index (χ1n) is 6.51. The zero-order chi connectivity index (χ0) is 12.3. The summed E-state index contributed by atoms with van der Waals surface area (Å²) in [4.78, 5) is 16.4. The lowest BCUT2D eigenvalue weighted by Gasteiger charge is -2.36. The maximum Gasteiger partial charge on any atom is 0.236 e. The van der Waals surface area contributed by atoms with Gasteiger partial charge in [-0.25, -0.2) is 0 Å². The average molecular weight is 241 g/mol. The van der Waals surface area contributed by atoms with Gasteiger partial charge in [0.2, 0.25) is 5.91 Å². The number of ether oxygens (including phenoxy) is 1. The number of nitrogens with one attached hydrogen (secondary N) is 1. The Balaban J connectivity index is 1.83. The molecule has 1 N–H and O–H groups in total. The van der Waals surface area contributed by atoms with Gasteiger partial charge in [0.25, 0.3) is 0 Å². The van der Waals surface area contributed by atoms with Crippen LogP contribution in [0.4, 0.5) is 0 Å². The predicted octanol–water partition coefficient (Wildman–Crippen LogP) is -0.473. The Morgan fingerprint density at radius 2 is 2.24 bits per heavy atom. The highest BCUT2D eigenvalue weighted by atomic mass is 16.5. The molecule has 0 aromatic carbocycles. The van der Waals surface area contributed by atoms with Crippen LogP contribution < -0.4 is 5.32 Å². The molecule has 5 heteroatoms. The summed E-state index contributed by atoms with van der Waals surface area (Å²) in [6.45, 7) is 9.81. The summed E-state index contributed by atoms with van der Waals surface area (Å²) in [7, 11) is 0. The standard InChI is InChI=1S/C12H23N3O2/c1-10-7-13-3-4-14(10)9-12(16)15-5-6-17-11(2)8-15/h10-11,13H,3-9H2,1-2H3/t10-,11?/m1/s1. The lowest BCUT2D eigenvalue weighted by atomic mass is 10.2. The minimum Gasteiger partial charge on any atom is -0.375 e. The zero-order valence-corrected chi connectivity index (χ0v) is 10.8. The second kappa shape index (κ2) is 5.80. The summed E-state index contributed by atoms with van der Waals surface area (Å²) in [5, 5.41) is 3.34. The van der Waals surface area contributed by atoms with Gasteiger partial charge >= 0.3 is 0 Å². The molecule has 98 valence electrons. The number of hydrogen-bond donors (Lipinski definition) is 1. The van der Waals surface area contributed by atoms with Crippen molar-refractivity contribution in [3.63, 3.8) is 0 Å². The van der Waals surface area contributed by atoms with Crippen molar-refractivity contribution in [1.29, 1.82) is 0 Å². The highest BCUT2D eigenvalue weighted by Crippen LogP contribution is 2.07. The minimum atomic E-state index is 0.174. The van der Waals surface area contributed by atoms with Crippen molar-refractivity contribution in [1.82, 2.24) is 15.1 Å². The normalized spacial score (nSPS) is 31.5. The monoisotopic (exact) mass is 241 g/mol. The number of amides is 1. The third-order valence-corrected chi connectivity index (χ3v) is 3.57. The van der Waals surface area contributed by atoms with E-state index < -0.39 is 0 Å². The highest BCUT2D eigenvalue weighted by Gasteiger charge is 2.25. The Morgan fingerprint density at radius 1 is 1.41 bits per heavy atom. The van der Waals surface area contributed by atoms with Gasteiger partial charge in [-0.3, -0.25) is 9.69 Å². The molecule has 0 aromatic rings. The molecule has 0 bridgehead atoms. The summed E-state index contributed by atoms with van der Waals surface area (Å²) in [5.41, 5.74) is 0. The van der Waals surface area contributed by atoms with Crippen LogP contribution in [0.15, 0.2) is 0 Å². The van der Waals surface area contributed by atoms with E-state index in [2.05, 4.69) is 17.1 Å². The van der Waals surface area contributed by atoms with Crippen LogP contribution in [0, 0.1) is 0 Å². The van der Waals surface area contributed by atoms with Crippen molar-refractivity contribution in [2.24, 2.45) is 0 Å². The Hall–Kier alpha value is -0.650. The fourth-order valence-corrected chi connectivity index (χ4v) is 2.44. The molecule has 0 saturated carbocycles. The quantitative estimate of drug-likeness (QED) is 0.710. The lowest BCUT2D eigenvalue weighted by Crippen LogP contribution is -2.54. The third-order valence-electron chi connectivity index (χ3n) is 3.57. The van der Waals surface area contributed by atoms with E-state index in [1.807, 2.05) is 11.8 Å². The molecular formula is C12H23N3O2. The van der Waals surface area contributed by atoms with Gasteiger partial charge in [-0.05, 0) is 13.8 Å². The van der Waals surface area contributed by atoms with Crippen molar-refractivity contribution in [3.05, 3.63) is 0 Å². The van der Waals surface area contributed by atoms with Crippen LogP contribution in [0.25, 0.3) is 0 Å². The van der Waals surface area contributed by atoms with E-state index in [1.54, 1.807) is 0 Å². The summed E-state index contributed by atoms with van der Waals surface area (Å²) in [6, 6.07) is 0.450. The maximum atomic E-state index is 12.2. The maximum absolute atomic E-state index is 12.2. The summed E-state index contributed by atoms with van der Waals surface area (Å²) in [5.74, 6) is 0.244. The summed E-state index contributed by atoms with van der Waals surface area (Å²) >= 11 is 0. The zero-order valence-electron chi connectivity index (χ0n) is 10.8. The first kappa shape index (κ1) is 12.8. The van der Waals surface area contributed by atoms with Crippen molar-refractivity contribution in [2.75, 3.05) is 45.9 Å². The highest BCUT2D eigenvalue weighted by molar-refractivity contribution is 5.78. The molecule has 2 fully saturated rings. The van der Waals surface area contributed by atoms with Crippen LogP contribution in [0.3, 0.4) is 0 Å². The molecule has 2 aliphatic rings. The fourth-order valence-electron chi connectivity index (χ4n) is 2.44. The first-order valence-corrected chi connectivity index (χ1v) is 6.51. The molecule has 0 spiro atoms. The van der Waals surface area contributed by atoms with Gasteiger partial charge in [0.05, 0.1) is 19.3 Å². The van der Waals surface area contributed by atoms with Gasteiger partial charge in [-0.1, -0.05) is 0 Å². The van der Waals surface area contributed by atoms with Crippen molar-refractivity contribution < 1.29 is 9.53 Å². The number of hydrogen-bond acceptors (Lipinski definition) is 4. The molecule has 2 aliphatic heterocycles. The van der Waals surface area contributed by atoms with E-state index in [0.29, 0.717) is 19.2 Å². The Bertz CT molecular complexity index is 272. The van der Waals surface area contributed by atoms with E-state index >= 15 is 0 Å². The number of carbonyl (C=O) groups is 1. The van der Waals surface area contributed by atoms with Gasteiger partial charge in [0.1, 0.15) is 0 Å². The second-order valence-corrected chi connectivity index (χ2v) is 5.04. The molecule has 0 aliphatic carbocycles. The summed E-state index contributed by atoms with van der Waals surface area (Å²) in [6.07, 6.45) is 0.174. The van der Waals surface area contributed by atoms with E-state index in [9.17, 15) is 4.79 Å². The van der Waals surface area contributed by atoms with Gasteiger partial charge in [0, 0.05) is 38.8 Å². The Labute approximate surface area is 103 Å². The predicted molar refractivity (Wildman–Crippen MR) is 65.9 cm³/mol. The van der Waals surface area contributed by atoms with Gasteiger partial charge in [0.15, 0.2) is 0 Å². The van der Waals surface area contributed by atoms with Crippen LogP contribution in [0.2, 0.25) is 0 Å². The molecule has 2 heterocycles. The van der Waals surface area contributed by atoms with E-state index in [1.165, 1.54) is 0 Å². The van der Waals surface area contributed by atoms with Crippen molar-refractivity contribution in [2.45, 2.75) is 26.0 Å². The van der Waals surface area contributed by atoms with Crippen LogP contribution in [0.5, 0.6) is 0 Å². The number of carbonyl (C=O) groups excluding carboxylic acids is 1. The van der Waals surface area contributed by atoms with E-state index in [4.69, 9.17) is 4.74 Å². The average Bonchev–Trinajstić information content (AvgIpc) is 2.32. The molecule has 2 atom stereocenters. The van der Waals surface area contributed by atoms with Gasteiger partial charge in [-0.2, -0.15) is 0 Å². The molecule has 0 radical (unpaired) electrons. The molecule has 5 nitrogen and oxygen atoms in total. The van der Waals surface area contributed by atoms with Crippen LogP contribution >= 0.6 is 0 Å². The SMILES string of the molecule is CC1CN(C(=O)CN2CCNC[C@H]2C)CCO1. The molecule has 0 aromatic heterocycles. The number of piperazine rings is 1. The minimum absolute atomic E-state index is 0.174. The van der Waals surface area contributed by atoms with Crippen molar-refractivity contribution in [3.8, 4) is 0 Å². The fraction of sp³-hybridized carbons (Fsp3) is 0.917. The summed E-state index contributed by atoms with van der Waals surface area (Å²) < 4.78 is 5.45.